The van der Waals surface area contributed by atoms with Crippen molar-refractivity contribution in [3.05, 3.63) is 36.5 Å². The average Bonchev–Trinajstić information content (AvgIpc) is 3.28. The number of hydrogen-bond acceptors (Lipinski definition) is 6. The second-order valence-electron chi connectivity index (χ2n) is 20.6. The third kappa shape index (κ3) is 50.6. The Kier molecular flexibility index (Phi) is 47.8. The van der Waals surface area contributed by atoms with Crippen LogP contribution in [0.4, 0.5) is 0 Å². The van der Waals surface area contributed by atoms with E-state index in [1.165, 1.54) is 193 Å². The molecule has 0 heterocycles. The maximum Gasteiger partial charge on any atom is 0.268 e. The fraction of sp³-hybridized carbons (Fsp3) is 0.877. The summed E-state index contributed by atoms with van der Waals surface area (Å²) in [6.45, 7) is 4.74. The van der Waals surface area contributed by atoms with E-state index in [1.54, 1.807) is 0 Å². The van der Waals surface area contributed by atoms with Gasteiger partial charge < -0.3 is 28.8 Å². The van der Waals surface area contributed by atoms with Crippen molar-refractivity contribution in [2.75, 3.05) is 40.9 Å². The number of unbranched alkanes of at least 4 members (excludes halogenated alkanes) is 33. The smallest absolute Gasteiger partial charge is 0.268 e. The van der Waals surface area contributed by atoms with E-state index in [1.807, 2.05) is 21.1 Å². The Morgan fingerprint density at radius 1 is 0.530 bits per heavy atom. The molecule has 0 aliphatic carbocycles. The number of aliphatic hydroxyl groups excluding tert-OH is 1. The monoisotopic (exact) mass is 951 g/mol. The summed E-state index contributed by atoms with van der Waals surface area (Å²) in [5.74, 6) is -0.166. The van der Waals surface area contributed by atoms with Crippen molar-refractivity contribution < 1.29 is 32.9 Å². The van der Waals surface area contributed by atoms with Gasteiger partial charge in [-0.15, -0.1) is 0 Å². The minimum atomic E-state index is -4.57. The van der Waals surface area contributed by atoms with E-state index in [4.69, 9.17) is 9.05 Å². The van der Waals surface area contributed by atoms with E-state index >= 15 is 0 Å². The Hall–Kier alpha value is -1.28. The molecule has 0 aromatic carbocycles. The molecule has 1 amide bonds. The first-order valence-electron chi connectivity index (χ1n) is 28.3. The minimum Gasteiger partial charge on any atom is -0.756 e. The molecule has 0 aliphatic rings. The third-order valence-electron chi connectivity index (χ3n) is 12.9. The highest BCUT2D eigenvalue weighted by Gasteiger charge is 2.24. The molecule has 3 unspecified atom stereocenters. The van der Waals surface area contributed by atoms with Crippen molar-refractivity contribution in [2.24, 2.45) is 0 Å². The van der Waals surface area contributed by atoms with Gasteiger partial charge in [0.2, 0.25) is 5.91 Å². The van der Waals surface area contributed by atoms with Crippen LogP contribution in [0.15, 0.2) is 36.5 Å². The molecular formula is C57H111N2O6P. The molecule has 66 heavy (non-hydrogen) atoms. The third-order valence-corrected chi connectivity index (χ3v) is 13.8. The maximum atomic E-state index is 13.0. The SMILES string of the molecule is CCCCCCC/C=C\C/C=C\C/C=C\CCCCCCCCCCCCC(=O)NC(COP(=O)([O-])OCC[N+](C)(C)C)C(O)CCCCCCCCCCCCCCCCCCCCC. The number of rotatable bonds is 52. The number of allylic oxidation sites excluding steroid dienone is 6. The zero-order chi connectivity index (χ0) is 48.5. The average molecular weight is 951 g/mol. The van der Waals surface area contributed by atoms with Crippen LogP contribution in [0.2, 0.25) is 0 Å². The molecule has 2 N–H and O–H groups in total. The Bertz CT molecular complexity index is 1170. The van der Waals surface area contributed by atoms with Crippen molar-refractivity contribution in [3.8, 4) is 0 Å². The molecule has 3 atom stereocenters. The lowest BCUT2D eigenvalue weighted by atomic mass is 10.0. The van der Waals surface area contributed by atoms with Gasteiger partial charge in [0.1, 0.15) is 13.2 Å². The standard InChI is InChI=1S/C57H111N2O6P/c1-6-8-10-12-14-16-18-20-22-24-26-27-28-29-30-31-33-35-37-39-41-43-45-47-49-51-57(61)58-55(54-65-66(62,63)64-53-52-59(3,4)5)56(60)50-48-46-44-42-40-38-36-34-32-25-23-21-19-17-15-13-11-9-7-2/h18,20,24,26,28-29,55-56,60H,6-17,19,21-23,25,27,30-54H2,1-5H3,(H-,58,61,62,63)/b20-18-,26-24-,29-28-. The highest BCUT2D eigenvalue weighted by Crippen LogP contribution is 2.38. The van der Waals surface area contributed by atoms with Gasteiger partial charge in [-0.2, -0.15) is 0 Å². The number of hydrogen-bond donors (Lipinski definition) is 2. The van der Waals surface area contributed by atoms with E-state index in [-0.39, 0.29) is 19.1 Å². The second-order valence-corrected chi connectivity index (χ2v) is 22.1. The number of nitrogens with zero attached hydrogens (tertiary/aromatic N) is 1. The largest absolute Gasteiger partial charge is 0.756 e. The van der Waals surface area contributed by atoms with Crippen LogP contribution >= 0.6 is 7.82 Å². The molecule has 0 rings (SSSR count). The molecular weight excluding hydrogens is 840 g/mol. The Morgan fingerprint density at radius 2 is 0.879 bits per heavy atom. The van der Waals surface area contributed by atoms with Crippen LogP contribution in [0.25, 0.3) is 0 Å². The lowest BCUT2D eigenvalue weighted by Crippen LogP contribution is -2.46. The van der Waals surface area contributed by atoms with Gasteiger partial charge >= 0.3 is 0 Å². The number of nitrogens with one attached hydrogen (secondary N) is 1. The van der Waals surface area contributed by atoms with Gasteiger partial charge in [-0.25, -0.2) is 0 Å². The fourth-order valence-electron chi connectivity index (χ4n) is 8.40. The predicted octanol–water partition coefficient (Wildman–Crippen LogP) is 16.4. The summed E-state index contributed by atoms with van der Waals surface area (Å²) in [6.07, 6.45) is 61.6. The number of likely N-dealkylation sites (N-methyl/N-ethyl adjacent to an activating group) is 1. The van der Waals surface area contributed by atoms with E-state index in [2.05, 4.69) is 55.6 Å². The van der Waals surface area contributed by atoms with E-state index < -0.39 is 20.0 Å². The molecule has 0 spiro atoms. The van der Waals surface area contributed by atoms with Crippen LogP contribution in [-0.2, 0) is 18.4 Å². The summed E-state index contributed by atoms with van der Waals surface area (Å²) < 4.78 is 23.4. The van der Waals surface area contributed by atoms with Crippen LogP contribution < -0.4 is 10.2 Å². The quantitative estimate of drug-likeness (QED) is 0.0272. The topological polar surface area (TPSA) is 108 Å². The summed E-state index contributed by atoms with van der Waals surface area (Å²) in [4.78, 5) is 25.5. The molecule has 0 aromatic heterocycles. The van der Waals surface area contributed by atoms with Gasteiger partial charge in [-0.3, -0.25) is 9.36 Å². The number of phosphoric ester groups is 1. The first-order valence-corrected chi connectivity index (χ1v) is 29.8. The zero-order valence-corrected chi connectivity index (χ0v) is 45.3. The van der Waals surface area contributed by atoms with Crippen LogP contribution in [0.3, 0.4) is 0 Å². The van der Waals surface area contributed by atoms with E-state index in [0.29, 0.717) is 23.9 Å². The Morgan fingerprint density at radius 3 is 1.27 bits per heavy atom. The molecule has 0 aliphatic heterocycles. The Balaban J connectivity index is 4.19. The lowest BCUT2D eigenvalue weighted by molar-refractivity contribution is -0.870. The van der Waals surface area contributed by atoms with Crippen molar-refractivity contribution in [1.82, 2.24) is 5.32 Å². The van der Waals surface area contributed by atoms with Crippen molar-refractivity contribution in [2.45, 2.75) is 283 Å². The number of amides is 1. The van der Waals surface area contributed by atoms with Crippen molar-refractivity contribution in [3.63, 3.8) is 0 Å². The molecule has 0 aromatic rings. The van der Waals surface area contributed by atoms with Crippen molar-refractivity contribution >= 4 is 13.7 Å². The van der Waals surface area contributed by atoms with Crippen LogP contribution in [0, 0.1) is 0 Å². The summed E-state index contributed by atoms with van der Waals surface area (Å²) in [6, 6.07) is -0.803. The van der Waals surface area contributed by atoms with Crippen LogP contribution in [0.1, 0.15) is 271 Å². The first kappa shape index (κ1) is 64.7. The number of aliphatic hydroxyl groups is 1. The number of carbonyl (C=O) groups excluding carboxylic acids is 1. The molecule has 0 saturated carbocycles. The van der Waals surface area contributed by atoms with E-state index in [9.17, 15) is 19.4 Å². The number of quaternary nitrogens is 1. The van der Waals surface area contributed by atoms with Gasteiger partial charge in [0, 0.05) is 6.42 Å². The molecule has 0 radical (unpaired) electrons. The predicted molar refractivity (Wildman–Crippen MR) is 284 cm³/mol. The lowest BCUT2D eigenvalue weighted by Gasteiger charge is -2.30. The highest BCUT2D eigenvalue weighted by molar-refractivity contribution is 7.45. The molecule has 0 fully saturated rings. The van der Waals surface area contributed by atoms with Gasteiger partial charge in [0.25, 0.3) is 7.82 Å². The molecule has 8 nitrogen and oxygen atoms in total. The zero-order valence-electron chi connectivity index (χ0n) is 44.4. The fourth-order valence-corrected chi connectivity index (χ4v) is 9.12. The van der Waals surface area contributed by atoms with Gasteiger partial charge in [0.15, 0.2) is 0 Å². The molecule has 0 saturated heterocycles. The normalized spacial score (nSPS) is 14.2. The van der Waals surface area contributed by atoms with Gasteiger partial charge in [-0.05, 0) is 51.4 Å². The van der Waals surface area contributed by atoms with Gasteiger partial charge in [0.05, 0.1) is 39.9 Å². The number of phosphoric acid groups is 1. The highest BCUT2D eigenvalue weighted by atomic mass is 31.2. The van der Waals surface area contributed by atoms with Crippen LogP contribution in [0.5, 0.6) is 0 Å². The number of carbonyl (C=O) groups is 1. The molecule has 0 bridgehead atoms. The maximum absolute atomic E-state index is 13.0. The minimum absolute atomic E-state index is 0.0115. The molecule has 9 heteroatoms. The Labute approximate surface area is 410 Å². The summed E-state index contributed by atoms with van der Waals surface area (Å²) in [7, 11) is 1.31. The van der Waals surface area contributed by atoms with Crippen LogP contribution in [-0.4, -0.2) is 68.5 Å². The van der Waals surface area contributed by atoms with E-state index in [0.717, 1.165) is 51.4 Å². The van der Waals surface area contributed by atoms with Gasteiger partial charge in [-0.1, -0.05) is 249 Å². The summed E-state index contributed by atoms with van der Waals surface area (Å²) in [5.41, 5.74) is 0. The molecule has 390 valence electrons. The first-order chi connectivity index (χ1) is 32.0. The van der Waals surface area contributed by atoms with Crippen molar-refractivity contribution in [1.29, 1.82) is 0 Å². The summed E-state index contributed by atoms with van der Waals surface area (Å²) >= 11 is 0. The second kappa shape index (κ2) is 48.7. The summed E-state index contributed by atoms with van der Waals surface area (Å²) in [5, 5.41) is 14.0.